The zero-order chi connectivity index (χ0) is 17.0. The molecule has 0 unspecified atom stereocenters. The van der Waals surface area contributed by atoms with E-state index in [0.29, 0.717) is 18.7 Å². The number of nitrogens with one attached hydrogen (secondary N) is 2. The molecule has 3 atom stereocenters. The van der Waals surface area contributed by atoms with Gasteiger partial charge in [-0.3, -0.25) is 14.3 Å². The Balaban J connectivity index is 2.10. The fourth-order valence-electron chi connectivity index (χ4n) is 2.44. The highest BCUT2D eigenvalue weighted by Gasteiger charge is 2.35. The summed E-state index contributed by atoms with van der Waals surface area (Å²) in [4.78, 5) is 28.1. The monoisotopic (exact) mass is 328 g/mol. The van der Waals surface area contributed by atoms with Crippen molar-refractivity contribution in [2.24, 2.45) is 0 Å². The molecule has 0 aliphatic carbocycles. The van der Waals surface area contributed by atoms with Gasteiger partial charge in [0.1, 0.15) is 12.3 Å². The van der Waals surface area contributed by atoms with E-state index in [2.05, 4.69) is 10.3 Å². The molecule has 0 saturated carbocycles. The van der Waals surface area contributed by atoms with E-state index in [0.717, 1.165) is 6.54 Å². The Morgan fingerprint density at radius 2 is 2.22 bits per heavy atom. The molecule has 1 aliphatic heterocycles. The molecule has 2 rings (SSSR count). The highest BCUT2D eigenvalue weighted by atomic mass is 16.5. The molecule has 1 aromatic heterocycles. The van der Waals surface area contributed by atoms with Crippen LogP contribution in [0.3, 0.4) is 0 Å². The van der Waals surface area contributed by atoms with Gasteiger partial charge in [-0.1, -0.05) is 0 Å². The molecule has 1 fully saturated rings. The lowest BCUT2D eigenvalue weighted by atomic mass is 10.2. The minimum Gasteiger partial charge on any atom is -0.394 e. The van der Waals surface area contributed by atoms with Crippen LogP contribution in [0.4, 0.5) is 0 Å². The maximum atomic E-state index is 12.0. The van der Waals surface area contributed by atoms with E-state index in [1.54, 1.807) is 0 Å². The van der Waals surface area contributed by atoms with E-state index < -0.39 is 29.7 Å². The quantitative estimate of drug-likeness (QED) is 0.420. The Labute approximate surface area is 133 Å². The molecule has 2 heterocycles. The molecular formula is C14H24N4O5. The third-order valence-corrected chi connectivity index (χ3v) is 3.79. The first-order valence-electron chi connectivity index (χ1n) is 7.56. The van der Waals surface area contributed by atoms with Gasteiger partial charge in [0, 0.05) is 37.8 Å². The van der Waals surface area contributed by atoms with Gasteiger partial charge in [-0.25, -0.2) is 4.79 Å². The van der Waals surface area contributed by atoms with Gasteiger partial charge in [-0.2, -0.15) is 0 Å². The molecule has 0 amide bonds. The second-order valence-electron chi connectivity index (χ2n) is 5.92. The lowest BCUT2D eigenvalue weighted by Crippen LogP contribution is -2.36. The lowest BCUT2D eigenvalue weighted by Gasteiger charge is -2.15. The lowest BCUT2D eigenvalue weighted by molar-refractivity contribution is -0.0460. The third-order valence-electron chi connectivity index (χ3n) is 3.79. The minimum absolute atomic E-state index is 0.185. The Morgan fingerprint density at radius 1 is 1.48 bits per heavy atom. The molecule has 0 bridgehead atoms. The second kappa shape index (κ2) is 7.84. The van der Waals surface area contributed by atoms with Crippen LogP contribution in [-0.2, 0) is 11.3 Å². The average molecular weight is 328 g/mol. The van der Waals surface area contributed by atoms with Gasteiger partial charge >= 0.3 is 5.69 Å². The molecule has 0 aromatic carbocycles. The molecule has 1 saturated heterocycles. The van der Waals surface area contributed by atoms with Crippen LogP contribution in [0.1, 0.15) is 18.2 Å². The van der Waals surface area contributed by atoms with Gasteiger partial charge in [-0.15, -0.1) is 0 Å². The number of H-pyrrole nitrogens is 1. The number of hydrogen-bond donors (Lipinski definition) is 4. The highest BCUT2D eigenvalue weighted by Crippen LogP contribution is 2.27. The van der Waals surface area contributed by atoms with E-state index in [-0.39, 0.29) is 13.0 Å². The van der Waals surface area contributed by atoms with E-state index >= 15 is 0 Å². The topological polar surface area (TPSA) is 120 Å². The number of nitrogens with zero attached hydrogens (tertiary/aromatic N) is 2. The Bertz CT molecular complexity index is 626. The van der Waals surface area contributed by atoms with Gasteiger partial charge in [0.15, 0.2) is 0 Å². The van der Waals surface area contributed by atoms with Crippen molar-refractivity contribution in [2.45, 2.75) is 31.4 Å². The summed E-state index contributed by atoms with van der Waals surface area (Å²) in [5, 5.41) is 22.0. The summed E-state index contributed by atoms with van der Waals surface area (Å²) >= 11 is 0. The van der Waals surface area contributed by atoms with Gasteiger partial charge in [-0.05, 0) is 14.1 Å². The normalized spacial score (nSPS) is 24.5. The van der Waals surface area contributed by atoms with Crippen molar-refractivity contribution in [1.29, 1.82) is 0 Å². The van der Waals surface area contributed by atoms with Crippen LogP contribution in [0, 0.1) is 0 Å². The Kier molecular flexibility index (Phi) is 6.08. The summed E-state index contributed by atoms with van der Waals surface area (Å²) in [6, 6.07) is 0. The molecule has 1 aliphatic rings. The number of ether oxygens (including phenoxy) is 1. The van der Waals surface area contributed by atoms with Crippen molar-refractivity contribution in [1.82, 2.24) is 19.8 Å². The van der Waals surface area contributed by atoms with Crippen LogP contribution < -0.4 is 16.6 Å². The zero-order valence-corrected chi connectivity index (χ0v) is 13.4. The third kappa shape index (κ3) is 4.49. The van der Waals surface area contributed by atoms with Gasteiger partial charge < -0.3 is 25.2 Å². The number of likely N-dealkylation sites (N-methyl/N-ethyl adjacent to an activating group) is 1. The van der Waals surface area contributed by atoms with Gasteiger partial charge in [0.05, 0.1) is 12.7 Å². The fourth-order valence-corrected chi connectivity index (χ4v) is 2.44. The number of aliphatic hydroxyl groups excluding tert-OH is 2. The van der Waals surface area contributed by atoms with Crippen molar-refractivity contribution in [2.75, 3.05) is 33.8 Å². The number of hydrogen-bond acceptors (Lipinski definition) is 7. The maximum Gasteiger partial charge on any atom is 0.330 e. The van der Waals surface area contributed by atoms with Gasteiger partial charge in [0.2, 0.25) is 0 Å². The molecule has 130 valence electrons. The smallest absolute Gasteiger partial charge is 0.330 e. The maximum absolute atomic E-state index is 12.0. The van der Waals surface area contributed by atoms with Crippen molar-refractivity contribution < 1.29 is 14.9 Å². The van der Waals surface area contributed by atoms with Crippen molar-refractivity contribution >= 4 is 0 Å². The summed E-state index contributed by atoms with van der Waals surface area (Å²) in [6.07, 6.45) is -0.635. The first-order valence-corrected chi connectivity index (χ1v) is 7.56. The number of aromatic nitrogens is 2. The van der Waals surface area contributed by atoms with Crippen LogP contribution in [0.5, 0.6) is 0 Å². The number of rotatable bonds is 7. The molecule has 0 radical (unpaired) electrons. The summed E-state index contributed by atoms with van der Waals surface area (Å²) in [5.74, 6) is 0. The van der Waals surface area contributed by atoms with Crippen LogP contribution in [0.2, 0.25) is 0 Å². The Hall–Kier alpha value is -1.52. The predicted molar refractivity (Wildman–Crippen MR) is 83.2 cm³/mol. The van der Waals surface area contributed by atoms with E-state index in [1.807, 2.05) is 19.0 Å². The second-order valence-corrected chi connectivity index (χ2v) is 5.92. The molecular weight excluding hydrogens is 304 g/mol. The average Bonchev–Trinajstić information content (AvgIpc) is 2.86. The summed E-state index contributed by atoms with van der Waals surface area (Å²) in [7, 11) is 3.91. The fraction of sp³-hybridized carbons (Fsp3) is 0.714. The minimum atomic E-state index is -0.842. The Morgan fingerprint density at radius 3 is 2.83 bits per heavy atom. The molecule has 9 nitrogen and oxygen atoms in total. The summed E-state index contributed by atoms with van der Waals surface area (Å²) in [5.41, 5.74) is -0.627. The standard InChI is InChI=1S/C14H24N4O5/c1-17(2)4-3-15-6-9-7-18(14(22)16-13(9)21)12-5-10(20)11(8-19)23-12/h7,10-12,15,19-20H,3-6,8H2,1-2H3,(H,16,21,22)/t10-,11+,12+/m0/s1. The van der Waals surface area contributed by atoms with E-state index in [9.17, 15) is 14.7 Å². The first kappa shape index (κ1) is 17.8. The summed E-state index contributed by atoms with van der Waals surface area (Å²) in [6.45, 7) is 1.53. The SMILES string of the molecule is CN(C)CCNCc1cn([C@H]2C[C@H](O)[C@@H](CO)O2)c(=O)[nH]c1=O. The molecule has 1 aromatic rings. The van der Waals surface area contributed by atoms with Gasteiger partial charge in [0.25, 0.3) is 5.56 Å². The van der Waals surface area contributed by atoms with Crippen LogP contribution in [-0.4, -0.2) is 70.7 Å². The van der Waals surface area contributed by atoms with Crippen LogP contribution >= 0.6 is 0 Å². The van der Waals surface area contributed by atoms with E-state index in [1.165, 1.54) is 10.8 Å². The first-order chi connectivity index (χ1) is 10.9. The van der Waals surface area contributed by atoms with Crippen molar-refractivity contribution in [3.05, 3.63) is 32.6 Å². The predicted octanol–water partition coefficient (Wildman–Crippen LogP) is -2.17. The zero-order valence-electron chi connectivity index (χ0n) is 13.4. The molecule has 23 heavy (non-hydrogen) atoms. The largest absolute Gasteiger partial charge is 0.394 e. The number of aliphatic hydroxyl groups is 2. The van der Waals surface area contributed by atoms with Crippen molar-refractivity contribution in [3.63, 3.8) is 0 Å². The van der Waals surface area contributed by atoms with Crippen molar-refractivity contribution in [3.8, 4) is 0 Å². The van der Waals surface area contributed by atoms with Crippen LogP contribution in [0.25, 0.3) is 0 Å². The molecule has 9 heteroatoms. The molecule has 4 N–H and O–H groups in total. The molecule has 0 spiro atoms. The highest BCUT2D eigenvalue weighted by molar-refractivity contribution is 5.05. The summed E-state index contributed by atoms with van der Waals surface area (Å²) < 4.78 is 6.71. The van der Waals surface area contributed by atoms with E-state index in [4.69, 9.17) is 9.84 Å². The van der Waals surface area contributed by atoms with Crippen LogP contribution in [0.15, 0.2) is 15.8 Å². The number of aromatic amines is 1.